The molecule has 0 spiro atoms. The summed E-state index contributed by atoms with van der Waals surface area (Å²) in [5.74, 6) is 0.687. The smallest absolute Gasteiger partial charge is 0.0412 e. The first-order valence-corrected chi connectivity index (χ1v) is 7.60. The Hall–Kier alpha value is -1.02. The first kappa shape index (κ1) is 14.4. The summed E-state index contributed by atoms with van der Waals surface area (Å²) in [5, 5.41) is 3.70. The van der Waals surface area contributed by atoms with E-state index in [-0.39, 0.29) is 0 Å². The third-order valence-corrected chi connectivity index (χ3v) is 4.55. The highest BCUT2D eigenvalue weighted by Crippen LogP contribution is 2.25. The number of rotatable bonds is 3. The van der Waals surface area contributed by atoms with E-state index in [1.54, 1.807) is 0 Å². The minimum atomic E-state index is 0.601. The van der Waals surface area contributed by atoms with Crippen LogP contribution >= 0.6 is 0 Å². The van der Waals surface area contributed by atoms with E-state index in [9.17, 15) is 0 Å². The van der Waals surface area contributed by atoms with Gasteiger partial charge in [-0.2, -0.15) is 0 Å². The van der Waals surface area contributed by atoms with E-state index in [1.807, 2.05) is 0 Å². The second-order valence-corrected chi connectivity index (χ2v) is 6.24. The predicted octanol–water partition coefficient (Wildman–Crippen LogP) is 3.52. The molecule has 0 aromatic heterocycles. The van der Waals surface area contributed by atoms with Gasteiger partial charge in [-0.15, -0.1) is 0 Å². The van der Waals surface area contributed by atoms with Crippen molar-refractivity contribution in [3.8, 4) is 0 Å². The van der Waals surface area contributed by atoms with Gasteiger partial charge in [-0.05, 0) is 49.4 Å². The SMILES string of the molecule is CCC1CNC(C(C)C)CN1c1ccc(C)c(C)c1. The molecule has 0 amide bonds. The molecule has 0 radical (unpaired) electrons. The van der Waals surface area contributed by atoms with Gasteiger partial charge in [0.1, 0.15) is 0 Å². The Morgan fingerprint density at radius 3 is 2.58 bits per heavy atom. The number of piperazine rings is 1. The Kier molecular flexibility index (Phi) is 4.51. The van der Waals surface area contributed by atoms with Crippen molar-refractivity contribution in [3.05, 3.63) is 29.3 Å². The summed E-state index contributed by atoms with van der Waals surface area (Å²) >= 11 is 0. The van der Waals surface area contributed by atoms with Crippen LogP contribution in [0, 0.1) is 19.8 Å². The monoisotopic (exact) mass is 260 g/mol. The Labute approximate surface area is 118 Å². The van der Waals surface area contributed by atoms with Crippen molar-refractivity contribution >= 4 is 5.69 Å². The molecule has 2 unspecified atom stereocenters. The molecule has 1 aliphatic heterocycles. The molecular weight excluding hydrogens is 232 g/mol. The molecule has 1 fully saturated rings. The van der Waals surface area contributed by atoms with Gasteiger partial charge >= 0.3 is 0 Å². The molecule has 2 rings (SSSR count). The van der Waals surface area contributed by atoms with Gasteiger partial charge in [-0.3, -0.25) is 0 Å². The van der Waals surface area contributed by atoms with E-state index in [0.29, 0.717) is 18.0 Å². The van der Waals surface area contributed by atoms with Crippen molar-refractivity contribution in [1.29, 1.82) is 0 Å². The van der Waals surface area contributed by atoms with Crippen LogP contribution in [0.15, 0.2) is 18.2 Å². The first-order chi connectivity index (χ1) is 9.02. The Bertz CT molecular complexity index is 425. The molecule has 0 saturated carbocycles. The summed E-state index contributed by atoms with van der Waals surface area (Å²) < 4.78 is 0. The summed E-state index contributed by atoms with van der Waals surface area (Å²) in [7, 11) is 0. The van der Waals surface area contributed by atoms with Gasteiger partial charge in [0.25, 0.3) is 0 Å². The summed E-state index contributed by atoms with van der Waals surface area (Å²) in [6.45, 7) is 13.5. The van der Waals surface area contributed by atoms with Gasteiger partial charge in [-0.25, -0.2) is 0 Å². The van der Waals surface area contributed by atoms with Gasteiger partial charge in [0.05, 0.1) is 0 Å². The molecule has 2 atom stereocenters. The third kappa shape index (κ3) is 3.11. The van der Waals surface area contributed by atoms with Crippen molar-refractivity contribution in [2.45, 2.75) is 53.1 Å². The second-order valence-electron chi connectivity index (χ2n) is 6.24. The van der Waals surface area contributed by atoms with Gasteiger partial charge in [-0.1, -0.05) is 26.8 Å². The fraction of sp³-hybridized carbons (Fsp3) is 0.647. The minimum Gasteiger partial charge on any atom is -0.366 e. The summed E-state index contributed by atoms with van der Waals surface area (Å²) in [6.07, 6.45) is 1.20. The van der Waals surface area contributed by atoms with Crippen LogP contribution in [0.2, 0.25) is 0 Å². The van der Waals surface area contributed by atoms with Gasteiger partial charge in [0.2, 0.25) is 0 Å². The zero-order valence-electron chi connectivity index (χ0n) is 13.0. The highest BCUT2D eigenvalue weighted by molar-refractivity contribution is 5.52. The van der Waals surface area contributed by atoms with E-state index in [0.717, 1.165) is 13.1 Å². The van der Waals surface area contributed by atoms with Crippen molar-refractivity contribution in [1.82, 2.24) is 5.32 Å². The van der Waals surface area contributed by atoms with Gasteiger partial charge in [0, 0.05) is 30.9 Å². The molecule has 1 aromatic rings. The lowest BCUT2D eigenvalue weighted by Gasteiger charge is -2.43. The third-order valence-electron chi connectivity index (χ3n) is 4.55. The highest BCUT2D eigenvalue weighted by Gasteiger charge is 2.28. The molecule has 2 nitrogen and oxygen atoms in total. The van der Waals surface area contributed by atoms with Crippen molar-refractivity contribution in [2.75, 3.05) is 18.0 Å². The molecule has 0 aliphatic carbocycles. The maximum Gasteiger partial charge on any atom is 0.0412 e. The van der Waals surface area contributed by atoms with Crippen molar-refractivity contribution < 1.29 is 0 Å². The van der Waals surface area contributed by atoms with Crippen LogP contribution in [0.4, 0.5) is 5.69 Å². The topological polar surface area (TPSA) is 15.3 Å². The van der Waals surface area contributed by atoms with Gasteiger partial charge in [0.15, 0.2) is 0 Å². The largest absolute Gasteiger partial charge is 0.366 e. The number of nitrogens with one attached hydrogen (secondary N) is 1. The molecule has 1 heterocycles. The maximum absolute atomic E-state index is 3.70. The molecule has 1 N–H and O–H groups in total. The van der Waals surface area contributed by atoms with Crippen LogP contribution in [0.3, 0.4) is 0 Å². The lowest BCUT2D eigenvalue weighted by atomic mass is 9.97. The predicted molar refractivity (Wildman–Crippen MR) is 84.0 cm³/mol. The van der Waals surface area contributed by atoms with Crippen molar-refractivity contribution in [3.63, 3.8) is 0 Å². The van der Waals surface area contributed by atoms with Crippen LogP contribution in [-0.4, -0.2) is 25.2 Å². The minimum absolute atomic E-state index is 0.601. The Morgan fingerprint density at radius 1 is 1.26 bits per heavy atom. The number of aryl methyl sites for hydroxylation is 2. The van der Waals surface area contributed by atoms with Gasteiger partial charge < -0.3 is 10.2 Å². The average Bonchev–Trinajstić information content (AvgIpc) is 2.41. The van der Waals surface area contributed by atoms with Crippen LogP contribution in [0.25, 0.3) is 0 Å². The number of hydrogen-bond acceptors (Lipinski definition) is 2. The van der Waals surface area contributed by atoms with Crippen LogP contribution in [0.5, 0.6) is 0 Å². The second kappa shape index (κ2) is 5.96. The summed E-state index contributed by atoms with van der Waals surface area (Å²) in [4.78, 5) is 2.60. The number of nitrogens with zero attached hydrogens (tertiary/aromatic N) is 1. The van der Waals surface area contributed by atoms with Crippen LogP contribution < -0.4 is 10.2 Å². The lowest BCUT2D eigenvalue weighted by Crippen LogP contribution is -2.58. The maximum atomic E-state index is 3.70. The van der Waals surface area contributed by atoms with E-state index in [2.05, 4.69) is 63.0 Å². The van der Waals surface area contributed by atoms with Crippen LogP contribution in [0.1, 0.15) is 38.3 Å². The highest BCUT2D eigenvalue weighted by atomic mass is 15.2. The molecule has 1 aliphatic rings. The fourth-order valence-corrected chi connectivity index (χ4v) is 2.85. The standard InChI is InChI=1S/C17H28N2/c1-6-15-10-18-17(12(2)3)11-19(15)16-8-7-13(4)14(5)9-16/h7-9,12,15,17-18H,6,10-11H2,1-5H3. The first-order valence-electron chi connectivity index (χ1n) is 7.60. The van der Waals surface area contributed by atoms with E-state index in [1.165, 1.54) is 23.2 Å². The Balaban J connectivity index is 2.24. The number of benzene rings is 1. The Morgan fingerprint density at radius 2 is 2.00 bits per heavy atom. The quantitative estimate of drug-likeness (QED) is 0.894. The molecule has 1 aromatic carbocycles. The fourth-order valence-electron chi connectivity index (χ4n) is 2.85. The molecule has 1 saturated heterocycles. The van der Waals surface area contributed by atoms with E-state index in [4.69, 9.17) is 0 Å². The van der Waals surface area contributed by atoms with E-state index < -0.39 is 0 Å². The zero-order valence-corrected chi connectivity index (χ0v) is 13.0. The van der Waals surface area contributed by atoms with Crippen LogP contribution in [-0.2, 0) is 0 Å². The van der Waals surface area contributed by atoms with Crippen molar-refractivity contribution in [2.24, 2.45) is 5.92 Å². The average molecular weight is 260 g/mol. The molecule has 0 bridgehead atoms. The summed E-state index contributed by atoms with van der Waals surface area (Å²) in [6, 6.07) is 8.11. The molecule has 2 heteroatoms. The number of anilines is 1. The molecule has 19 heavy (non-hydrogen) atoms. The number of hydrogen-bond donors (Lipinski definition) is 1. The normalized spacial score (nSPS) is 24.0. The molecular formula is C17H28N2. The van der Waals surface area contributed by atoms with E-state index >= 15 is 0 Å². The zero-order chi connectivity index (χ0) is 14.0. The lowest BCUT2D eigenvalue weighted by molar-refractivity contribution is 0.325. The molecule has 106 valence electrons. The summed E-state index contributed by atoms with van der Waals surface area (Å²) in [5.41, 5.74) is 4.17.